The van der Waals surface area contributed by atoms with Gasteiger partial charge in [0.1, 0.15) is 11.9 Å². The highest BCUT2D eigenvalue weighted by Crippen LogP contribution is 2.21. The number of benzene rings is 1. The molecule has 4 rings (SSSR count). The molecule has 9 heteroatoms. The summed E-state index contributed by atoms with van der Waals surface area (Å²) in [6.07, 6.45) is 7.87. The molecule has 0 amide bonds. The number of aromatic nitrogens is 3. The largest absolute Gasteiger partial charge is 0.396 e. The Kier molecular flexibility index (Phi) is 9.62. The van der Waals surface area contributed by atoms with Gasteiger partial charge in [0.15, 0.2) is 11.3 Å². The highest BCUT2D eigenvalue weighted by atomic mass is 16.5. The number of nitrogens with one attached hydrogen (secondary N) is 2. The van der Waals surface area contributed by atoms with E-state index in [1.165, 1.54) is 11.9 Å². The van der Waals surface area contributed by atoms with E-state index in [0.717, 1.165) is 78.9 Å². The van der Waals surface area contributed by atoms with Gasteiger partial charge in [-0.1, -0.05) is 22.9 Å². The van der Waals surface area contributed by atoms with Gasteiger partial charge in [-0.25, -0.2) is 4.98 Å². The third-order valence-corrected chi connectivity index (χ3v) is 6.97. The summed E-state index contributed by atoms with van der Waals surface area (Å²) >= 11 is 0. The number of hydrogen-bond acceptors (Lipinski definition) is 8. The normalized spacial score (nSPS) is 13.8. The van der Waals surface area contributed by atoms with E-state index >= 15 is 0 Å². The predicted octanol–water partition coefficient (Wildman–Crippen LogP) is 2.98. The summed E-state index contributed by atoms with van der Waals surface area (Å²) in [4.78, 5) is 23.8. The van der Waals surface area contributed by atoms with Crippen LogP contribution in [0.3, 0.4) is 0 Å². The molecule has 0 unspecified atom stereocenters. The summed E-state index contributed by atoms with van der Waals surface area (Å²) in [7, 11) is 0. The zero-order valence-electron chi connectivity index (χ0n) is 21.7. The number of unbranched alkanes of at least 4 members (excludes halogenated alkanes) is 1. The molecule has 0 aliphatic carbocycles. The molecule has 2 aromatic heterocycles. The van der Waals surface area contributed by atoms with Crippen LogP contribution in [0.25, 0.3) is 10.9 Å². The maximum atomic E-state index is 12.5. The lowest BCUT2D eigenvalue weighted by atomic mass is 10.1. The van der Waals surface area contributed by atoms with E-state index in [-0.39, 0.29) is 12.4 Å². The van der Waals surface area contributed by atoms with Crippen LogP contribution < -0.4 is 15.4 Å². The highest BCUT2D eigenvalue weighted by molar-refractivity contribution is 5.90. The molecule has 37 heavy (non-hydrogen) atoms. The molecular formula is C28H39N6O3+. The van der Waals surface area contributed by atoms with Crippen LogP contribution in [0.4, 0.5) is 11.6 Å². The molecule has 0 saturated carbocycles. The van der Waals surface area contributed by atoms with Crippen LogP contribution in [0.5, 0.6) is 0 Å². The van der Waals surface area contributed by atoms with Crippen molar-refractivity contribution >= 4 is 28.3 Å². The summed E-state index contributed by atoms with van der Waals surface area (Å²) in [5.41, 5.74) is 3.18. The quantitative estimate of drug-likeness (QED) is 0.150. The van der Waals surface area contributed by atoms with E-state index in [4.69, 9.17) is 4.98 Å². The van der Waals surface area contributed by atoms with Gasteiger partial charge in [-0.3, -0.25) is 10.1 Å². The molecule has 0 radical (unpaired) electrons. The van der Waals surface area contributed by atoms with Gasteiger partial charge in [0.2, 0.25) is 0 Å². The molecule has 1 aromatic carbocycles. The highest BCUT2D eigenvalue weighted by Gasteiger charge is 2.23. The van der Waals surface area contributed by atoms with Gasteiger partial charge < -0.3 is 20.5 Å². The maximum absolute atomic E-state index is 12.5. The van der Waals surface area contributed by atoms with Gasteiger partial charge in [-0.2, -0.15) is 0 Å². The zero-order chi connectivity index (χ0) is 26.0. The predicted molar refractivity (Wildman–Crippen MR) is 144 cm³/mol. The molecule has 198 valence electrons. The Bertz CT molecular complexity index is 1190. The van der Waals surface area contributed by atoms with Crippen molar-refractivity contribution in [2.45, 2.75) is 57.9 Å². The fraction of sp³-hybridized carbons (Fsp3) is 0.500. The number of pyridine rings is 1. The summed E-state index contributed by atoms with van der Waals surface area (Å²) in [5.74, 6) is 1.51. The van der Waals surface area contributed by atoms with E-state index in [1.807, 2.05) is 24.3 Å². The first-order valence-corrected chi connectivity index (χ1v) is 13.4. The van der Waals surface area contributed by atoms with Crippen LogP contribution in [0, 0.1) is 0 Å². The van der Waals surface area contributed by atoms with Gasteiger partial charge in [-0.15, -0.1) is 4.98 Å². The van der Waals surface area contributed by atoms with Crippen molar-refractivity contribution < 1.29 is 19.8 Å². The topological polar surface area (TPSA) is 114 Å². The monoisotopic (exact) mass is 507 g/mol. The summed E-state index contributed by atoms with van der Waals surface area (Å²) < 4.78 is 0.937. The number of para-hydroxylation sites is 1. The number of ketones is 1. The van der Waals surface area contributed by atoms with Gasteiger partial charge >= 0.3 is 0 Å². The summed E-state index contributed by atoms with van der Waals surface area (Å²) in [6.45, 7) is 5.10. The van der Waals surface area contributed by atoms with Crippen LogP contribution in [0.1, 0.15) is 50.3 Å². The molecule has 0 fully saturated rings. The van der Waals surface area contributed by atoms with Crippen molar-refractivity contribution in [1.29, 1.82) is 0 Å². The van der Waals surface area contributed by atoms with Gasteiger partial charge in [0, 0.05) is 38.4 Å². The lowest BCUT2D eigenvalue weighted by Gasteiger charge is -2.24. The molecule has 0 saturated heterocycles. The Morgan fingerprint density at radius 2 is 2.00 bits per heavy atom. The third kappa shape index (κ3) is 7.36. The molecule has 1 aliphatic rings. The van der Waals surface area contributed by atoms with E-state index < -0.39 is 6.04 Å². The minimum absolute atomic E-state index is 0.00935. The second kappa shape index (κ2) is 13.3. The van der Waals surface area contributed by atoms with E-state index in [2.05, 4.69) is 32.7 Å². The minimum atomic E-state index is -0.451. The second-order valence-electron chi connectivity index (χ2n) is 9.77. The Labute approximate surface area is 218 Å². The number of fused-ring (bicyclic) bond motifs is 2. The number of hydrogen-bond donors (Lipinski definition) is 4. The van der Waals surface area contributed by atoms with Crippen LogP contribution in [0.15, 0.2) is 42.7 Å². The fourth-order valence-electron chi connectivity index (χ4n) is 4.86. The van der Waals surface area contributed by atoms with E-state index in [0.29, 0.717) is 25.2 Å². The molecule has 1 atom stereocenters. The van der Waals surface area contributed by atoms with Crippen molar-refractivity contribution in [3.05, 3.63) is 54.0 Å². The van der Waals surface area contributed by atoms with Crippen LogP contribution in [-0.2, 0) is 17.6 Å². The van der Waals surface area contributed by atoms with E-state index in [9.17, 15) is 15.1 Å². The zero-order valence-corrected chi connectivity index (χ0v) is 21.7. The van der Waals surface area contributed by atoms with Crippen molar-refractivity contribution in [2.24, 2.45) is 0 Å². The average molecular weight is 508 g/mol. The van der Waals surface area contributed by atoms with Crippen LogP contribution in [-0.4, -0.2) is 69.8 Å². The molecule has 9 nitrogen and oxygen atoms in total. The minimum Gasteiger partial charge on any atom is -0.396 e. The van der Waals surface area contributed by atoms with Crippen LogP contribution in [0.2, 0.25) is 0 Å². The first-order chi connectivity index (χ1) is 18.0. The van der Waals surface area contributed by atoms with Crippen molar-refractivity contribution in [2.75, 3.05) is 43.4 Å². The molecule has 0 bridgehead atoms. The van der Waals surface area contributed by atoms with Gasteiger partial charge in [0.25, 0.3) is 12.1 Å². The Morgan fingerprint density at radius 3 is 2.84 bits per heavy atom. The maximum Gasteiger partial charge on any atom is 0.271 e. The SMILES string of the molecule is CC(=O)[C@H](CCN(CCCO)CCCCc1ccc2c(n1)NCCC2)Nc1c2ccccc2nc[n+]1O. The molecule has 4 N–H and O–H groups in total. The van der Waals surface area contributed by atoms with Gasteiger partial charge in [0.05, 0.1) is 5.39 Å². The summed E-state index contributed by atoms with van der Waals surface area (Å²) in [6, 6.07) is 11.4. The number of carbonyl (C=O) groups is 1. The average Bonchev–Trinajstić information content (AvgIpc) is 2.92. The number of aryl methyl sites for hydroxylation is 2. The van der Waals surface area contributed by atoms with Crippen molar-refractivity contribution in [3.63, 3.8) is 0 Å². The smallest absolute Gasteiger partial charge is 0.271 e. The van der Waals surface area contributed by atoms with Crippen molar-refractivity contribution in [1.82, 2.24) is 14.9 Å². The first-order valence-electron chi connectivity index (χ1n) is 13.4. The first kappa shape index (κ1) is 26.8. The molecule has 3 heterocycles. The number of nitrogens with zero attached hydrogens (tertiary/aromatic N) is 4. The number of rotatable bonds is 14. The fourth-order valence-corrected chi connectivity index (χ4v) is 4.86. The number of anilines is 2. The molecule has 1 aliphatic heterocycles. The summed E-state index contributed by atoms with van der Waals surface area (Å²) in [5, 5.41) is 27.2. The Balaban J connectivity index is 1.32. The Hall–Kier alpha value is -3.30. The third-order valence-electron chi connectivity index (χ3n) is 6.97. The van der Waals surface area contributed by atoms with Crippen molar-refractivity contribution in [3.8, 4) is 0 Å². The lowest BCUT2D eigenvalue weighted by Crippen LogP contribution is -2.41. The number of aliphatic hydroxyl groups is 1. The number of Topliss-reactive ketones (excluding diaryl/α,β-unsaturated/α-hetero) is 1. The second-order valence-corrected chi connectivity index (χ2v) is 9.77. The molecule has 3 aromatic rings. The number of carbonyl (C=O) groups excluding carboxylic acids is 1. The standard InChI is InChI=1S/C28H38N6O3/c1-21(36)25(32-28-24-10-2-3-11-26(24)30-20-34(28)37)14-18-33(17-7-19-35)16-5-4-9-23-13-12-22-8-6-15-29-27(22)31-23/h2-3,10-13,20,25,35,37H,4-9,14-19H2,1H3,(H,29,31)/p+1/t25-/m0/s1. The van der Waals surface area contributed by atoms with Gasteiger partial charge in [-0.05, 0) is 75.8 Å². The van der Waals surface area contributed by atoms with E-state index in [1.54, 1.807) is 6.92 Å². The lowest BCUT2D eigenvalue weighted by molar-refractivity contribution is -0.894. The number of aliphatic hydroxyl groups excluding tert-OH is 1. The Morgan fingerprint density at radius 1 is 1.16 bits per heavy atom. The van der Waals surface area contributed by atoms with Crippen LogP contribution >= 0.6 is 0 Å². The molecule has 0 spiro atoms. The molecular weight excluding hydrogens is 468 g/mol.